The van der Waals surface area contributed by atoms with Crippen molar-refractivity contribution in [1.29, 1.82) is 0 Å². The van der Waals surface area contributed by atoms with Gasteiger partial charge in [0.1, 0.15) is 12.2 Å². The molecule has 1 fully saturated rings. The van der Waals surface area contributed by atoms with Crippen molar-refractivity contribution in [3.63, 3.8) is 0 Å². The molecular formula is C13H24N4. The van der Waals surface area contributed by atoms with Crippen molar-refractivity contribution < 1.29 is 0 Å². The lowest BCUT2D eigenvalue weighted by atomic mass is 10.1. The zero-order chi connectivity index (χ0) is 12.1. The SMILES string of the molecule is CCCCn1ncnc1[C@H](C)N1CCCCC1. The van der Waals surface area contributed by atoms with Gasteiger partial charge in [0.15, 0.2) is 0 Å². The third-order valence-electron chi connectivity index (χ3n) is 3.68. The standard InChI is InChI=1S/C13H24N4/c1-3-4-10-17-13(14-11-15-17)12(2)16-8-6-5-7-9-16/h11-12H,3-10H2,1-2H3/t12-/m0/s1. The van der Waals surface area contributed by atoms with E-state index >= 15 is 0 Å². The highest BCUT2D eigenvalue weighted by atomic mass is 15.4. The van der Waals surface area contributed by atoms with Crippen LogP contribution < -0.4 is 0 Å². The largest absolute Gasteiger partial charge is 0.294 e. The Kier molecular flexibility index (Phi) is 4.54. The van der Waals surface area contributed by atoms with Crippen molar-refractivity contribution in [2.24, 2.45) is 0 Å². The third kappa shape index (κ3) is 3.06. The lowest BCUT2D eigenvalue weighted by molar-refractivity contribution is 0.164. The number of aromatic nitrogens is 3. The summed E-state index contributed by atoms with van der Waals surface area (Å²) in [7, 11) is 0. The fraction of sp³-hybridized carbons (Fsp3) is 0.846. The molecule has 1 aliphatic heterocycles. The minimum atomic E-state index is 0.412. The van der Waals surface area contributed by atoms with E-state index in [4.69, 9.17) is 0 Å². The number of hydrogen-bond acceptors (Lipinski definition) is 3. The average Bonchev–Trinajstić information content (AvgIpc) is 2.84. The van der Waals surface area contributed by atoms with Gasteiger partial charge in [-0.15, -0.1) is 0 Å². The molecule has 1 aromatic rings. The van der Waals surface area contributed by atoms with Crippen LogP contribution in [0.3, 0.4) is 0 Å². The van der Waals surface area contributed by atoms with Crippen molar-refractivity contribution in [3.8, 4) is 0 Å². The van der Waals surface area contributed by atoms with Gasteiger partial charge in [0.25, 0.3) is 0 Å². The molecule has 17 heavy (non-hydrogen) atoms. The molecule has 0 N–H and O–H groups in total. The first-order chi connectivity index (χ1) is 8.33. The molecule has 1 saturated heterocycles. The van der Waals surface area contributed by atoms with E-state index in [2.05, 4.69) is 33.5 Å². The lowest BCUT2D eigenvalue weighted by Gasteiger charge is -2.31. The van der Waals surface area contributed by atoms with Crippen molar-refractivity contribution in [1.82, 2.24) is 19.7 Å². The second-order valence-corrected chi connectivity index (χ2v) is 4.97. The molecule has 1 aromatic heterocycles. The zero-order valence-electron chi connectivity index (χ0n) is 11.1. The predicted octanol–water partition coefficient (Wildman–Crippen LogP) is 2.63. The molecule has 0 bridgehead atoms. The van der Waals surface area contributed by atoms with Gasteiger partial charge >= 0.3 is 0 Å². The Morgan fingerprint density at radius 3 is 2.76 bits per heavy atom. The summed E-state index contributed by atoms with van der Waals surface area (Å²) in [6, 6.07) is 0.412. The van der Waals surface area contributed by atoms with Crippen LogP contribution in [0.2, 0.25) is 0 Å². The second-order valence-electron chi connectivity index (χ2n) is 4.97. The van der Waals surface area contributed by atoms with Crippen LogP contribution in [0.5, 0.6) is 0 Å². The predicted molar refractivity (Wildman–Crippen MR) is 68.8 cm³/mol. The highest BCUT2D eigenvalue weighted by Gasteiger charge is 2.21. The first-order valence-electron chi connectivity index (χ1n) is 6.94. The van der Waals surface area contributed by atoms with Crippen LogP contribution in [0.25, 0.3) is 0 Å². The highest BCUT2D eigenvalue weighted by molar-refractivity contribution is 4.94. The van der Waals surface area contributed by atoms with E-state index in [1.807, 2.05) is 0 Å². The second kappa shape index (κ2) is 6.15. The van der Waals surface area contributed by atoms with Gasteiger partial charge in [-0.3, -0.25) is 4.90 Å². The van der Waals surface area contributed by atoms with E-state index in [-0.39, 0.29) is 0 Å². The van der Waals surface area contributed by atoms with Gasteiger partial charge < -0.3 is 0 Å². The third-order valence-corrected chi connectivity index (χ3v) is 3.68. The van der Waals surface area contributed by atoms with Gasteiger partial charge in [-0.2, -0.15) is 5.10 Å². The summed E-state index contributed by atoms with van der Waals surface area (Å²) in [5, 5.41) is 4.35. The van der Waals surface area contributed by atoms with Gasteiger partial charge in [-0.1, -0.05) is 19.8 Å². The summed E-state index contributed by atoms with van der Waals surface area (Å²) in [6.45, 7) is 7.90. The number of piperidine rings is 1. The maximum absolute atomic E-state index is 4.45. The van der Waals surface area contributed by atoms with Crippen LogP contribution in [0.1, 0.15) is 57.8 Å². The molecule has 96 valence electrons. The Hall–Kier alpha value is -0.900. The van der Waals surface area contributed by atoms with Gasteiger partial charge in [-0.25, -0.2) is 9.67 Å². The van der Waals surface area contributed by atoms with Gasteiger partial charge in [0.05, 0.1) is 6.04 Å². The van der Waals surface area contributed by atoms with E-state index in [9.17, 15) is 0 Å². The molecular weight excluding hydrogens is 212 g/mol. The average molecular weight is 236 g/mol. The van der Waals surface area contributed by atoms with Crippen LogP contribution in [0.15, 0.2) is 6.33 Å². The van der Waals surface area contributed by atoms with Crippen molar-refractivity contribution in [2.75, 3.05) is 13.1 Å². The number of likely N-dealkylation sites (tertiary alicyclic amines) is 1. The molecule has 1 atom stereocenters. The molecule has 0 amide bonds. The fourth-order valence-corrected chi connectivity index (χ4v) is 2.55. The van der Waals surface area contributed by atoms with E-state index in [0.717, 1.165) is 12.4 Å². The van der Waals surface area contributed by atoms with Crippen LogP contribution in [0.4, 0.5) is 0 Å². The van der Waals surface area contributed by atoms with E-state index < -0.39 is 0 Å². The molecule has 2 heterocycles. The Labute approximate surface area is 104 Å². The van der Waals surface area contributed by atoms with Gasteiger partial charge in [0.2, 0.25) is 0 Å². The molecule has 0 aliphatic carbocycles. The fourth-order valence-electron chi connectivity index (χ4n) is 2.55. The molecule has 0 spiro atoms. The first-order valence-corrected chi connectivity index (χ1v) is 6.94. The number of hydrogen-bond donors (Lipinski definition) is 0. The summed E-state index contributed by atoms with van der Waals surface area (Å²) >= 11 is 0. The maximum atomic E-state index is 4.45. The minimum absolute atomic E-state index is 0.412. The topological polar surface area (TPSA) is 34.0 Å². The molecule has 1 aliphatic rings. The van der Waals surface area contributed by atoms with Gasteiger partial charge in [-0.05, 0) is 39.3 Å². The smallest absolute Gasteiger partial charge is 0.143 e. The minimum Gasteiger partial charge on any atom is -0.294 e. The number of unbranched alkanes of at least 4 members (excludes halogenated alkanes) is 1. The van der Waals surface area contributed by atoms with Crippen LogP contribution >= 0.6 is 0 Å². The number of aryl methyl sites for hydroxylation is 1. The summed E-state index contributed by atoms with van der Waals surface area (Å²) in [5.74, 6) is 1.14. The zero-order valence-corrected chi connectivity index (χ0v) is 11.1. The molecule has 0 radical (unpaired) electrons. The Morgan fingerprint density at radius 1 is 1.29 bits per heavy atom. The first kappa shape index (κ1) is 12.6. The quantitative estimate of drug-likeness (QED) is 0.788. The normalized spacial score (nSPS) is 19.4. The Morgan fingerprint density at radius 2 is 2.06 bits per heavy atom. The molecule has 0 unspecified atom stereocenters. The molecule has 2 rings (SSSR count). The molecule has 0 aromatic carbocycles. The van der Waals surface area contributed by atoms with Crippen molar-refractivity contribution in [2.45, 2.75) is 58.5 Å². The lowest BCUT2D eigenvalue weighted by Crippen LogP contribution is -2.33. The summed E-state index contributed by atoms with van der Waals surface area (Å²) < 4.78 is 2.09. The number of nitrogens with zero attached hydrogens (tertiary/aromatic N) is 4. The molecule has 4 nitrogen and oxygen atoms in total. The monoisotopic (exact) mass is 236 g/mol. The van der Waals surface area contributed by atoms with E-state index in [0.29, 0.717) is 6.04 Å². The number of rotatable bonds is 5. The summed E-state index contributed by atoms with van der Waals surface area (Å²) in [4.78, 5) is 6.99. The Balaban J connectivity index is 2.01. The highest BCUT2D eigenvalue weighted by Crippen LogP contribution is 2.22. The van der Waals surface area contributed by atoms with E-state index in [1.165, 1.54) is 45.2 Å². The summed E-state index contributed by atoms with van der Waals surface area (Å²) in [6.07, 6.45) is 8.12. The molecule has 4 heteroatoms. The van der Waals surface area contributed by atoms with Crippen LogP contribution in [-0.4, -0.2) is 32.8 Å². The van der Waals surface area contributed by atoms with Crippen LogP contribution in [0, 0.1) is 0 Å². The summed E-state index contributed by atoms with van der Waals surface area (Å²) in [5.41, 5.74) is 0. The van der Waals surface area contributed by atoms with E-state index in [1.54, 1.807) is 6.33 Å². The molecule has 0 saturated carbocycles. The van der Waals surface area contributed by atoms with Crippen molar-refractivity contribution >= 4 is 0 Å². The maximum Gasteiger partial charge on any atom is 0.143 e. The van der Waals surface area contributed by atoms with Gasteiger partial charge in [0, 0.05) is 6.54 Å². The van der Waals surface area contributed by atoms with Crippen molar-refractivity contribution in [3.05, 3.63) is 12.2 Å². The Bertz CT molecular complexity index is 328. The van der Waals surface area contributed by atoms with Crippen LogP contribution in [-0.2, 0) is 6.54 Å².